The number of rotatable bonds is 4. The number of carbonyl (C=O) groups is 1. The first-order valence-electron chi connectivity index (χ1n) is 8.68. The monoisotopic (exact) mass is 367 g/mol. The van der Waals surface area contributed by atoms with Crippen molar-refractivity contribution in [1.82, 2.24) is 14.9 Å². The quantitative estimate of drug-likeness (QED) is 0.806. The number of sulfonamides is 1. The lowest BCUT2D eigenvalue weighted by Gasteiger charge is -2.30. The van der Waals surface area contributed by atoms with Gasteiger partial charge in [0.2, 0.25) is 10.0 Å². The molecular formula is C17H25N3O4S. The van der Waals surface area contributed by atoms with E-state index in [1.54, 1.807) is 12.1 Å². The number of ether oxygens (including phenoxy) is 1. The summed E-state index contributed by atoms with van der Waals surface area (Å²) in [5, 5.41) is 6.33. The predicted molar refractivity (Wildman–Crippen MR) is 93.9 cm³/mol. The minimum absolute atomic E-state index is 0.105. The third kappa shape index (κ3) is 4.20. The molecule has 7 nitrogen and oxygen atoms in total. The highest BCUT2D eigenvalue weighted by Gasteiger charge is 2.28. The van der Waals surface area contributed by atoms with Crippen LogP contribution in [0.2, 0.25) is 0 Å². The van der Waals surface area contributed by atoms with E-state index in [0.29, 0.717) is 37.8 Å². The maximum atomic E-state index is 12.7. The van der Waals surface area contributed by atoms with E-state index in [4.69, 9.17) is 4.74 Å². The molecule has 2 N–H and O–H groups in total. The van der Waals surface area contributed by atoms with Gasteiger partial charge in [-0.25, -0.2) is 8.42 Å². The molecule has 2 fully saturated rings. The molecule has 0 aromatic heterocycles. The largest absolute Gasteiger partial charge is 0.379 e. The van der Waals surface area contributed by atoms with Crippen LogP contribution in [-0.2, 0) is 14.8 Å². The van der Waals surface area contributed by atoms with Gasteiger partial charge in [0.05, 0.1) is 18.1 Å². The number of amides is 1. The first-order chi connectivity index (χ1) is 12.0. The summed E-state index contributed by atoms with van der Waals surface area (Å²) in [5.74, 6) is 0.121. The topological polar surface area (TPSA) is 87.7 Å². The summed E-state index contributed by atoms with van der Waals surface area (Å²) in [6, 6.07) is 6.38. The fourth-order valence-corrected chi connectivity index (χ4v) is 4.67. The lowest BCUT2D eigenvalue weighted by atomic mass is 9.95. The lowest BCUT2D eigenvalue weighted by Crippen LogP contribution is -2.48. The van der Waals surface area contributed by atoms with E-state index < -0.39 is 10.0 Å². The smallest absolute Gasteiger partial charge is 0.251 e. The van der Waals surface area contributed by atoms with Gasteiger partial charge in [-0.05, 0) is 43.6 Å². The number of piperidine rings is 1. The van der Waals surface area contributed by atoms with Gasteiger partial charge in [-0.1, -0.05) is 13.0 Å². The molecule has 1 aromatic rings. The third-order valence-corrected chi connectivity index (χ3v) is 6.70. The molecular weight excluding hydrogens is 342 g/mol. The normalized spacial score (nSPS) is 25.5. The van der Waals surface area contributed by atoms with Crippen LogP contribution in [0.5, 0.6) is 0 Å². The van der Waals surface area contributed by atoms with E-state index in [9.17, 15) is 13.2 Å². The number of morpholine rings is 1. The average Bonchev–Trinajstić information content (AvgIpc) is 2.64. The van der Waals surface area contributed by atoms with E-state index in [1.165, 1.54) is 16.4 Å². The summed E-state index contributed by atoms with van der Waals surface area (Å²) in [6.45, 7) is 5.31. The minimum Gasteiger partial charge on any atom is -0.379 e. The average molecular weight is 367 g/mol. The van der Waals surface area contributed by atoms with E-state index in [1.807, 2.05) is 0 Å². The van der Waals surface area contributed by atoms with Crippen molar-refractivity contribution < 1.29 is 17.9 Å². The van der Waals surface area contributed by atoms with Gasteiger partial charge in [0.1, 0.15) is 0 Å². The van der Waals surface area contributed by atoms with Crippen LogP contribution in [0.1, 0.15) is 23.7 Å². The van der Waals surface area contributed by atoms with Crippen LogP contribution in [-0.4, -0.2) is 64.1 Å². The van der Waals surface area contributed by atoms with Crippen LogP contribution in [0.25, 0.3) is 0 Å². The Labute approximate surface area is 148 Å². The maximum Gasteiger partial charge on any atom is 0.251 e. The van der Waals surface area contributed by atoms with Crippen molar-refractivity contribution in [3.63, 3.8) is 0 Å². The minimum atomic E-state index is -3.60. The van der Waals surface area contributed by atoms with Gasteiger partial charge in [0.15, 0.2) is 0 Å². The number of benzene rings is 1. The Morgan fingerprint density at radius 3 is 2.80 bits per heavy atom. The predicted octanol–water partition coefficient (Wildman–Crippen LogP) is 0.435. The summed E-state index contributed by atoms with van der Waals surface area (Å²) in [5.41, 5.74) is 0.375. The van der Waals surface area contributed by atoms with Crippen LogP contribution in [0.4, 0.5) is 0 Å². The first-order valence-corrected chi connectivity index (χ1v) is 10.1. The Hall–Kier alpha value is -1.48. The highest BCUT2D eigenvalue weighted by molar-refractivity contribution is 7.89. The number of carbonyl (C=O) groups excluding carboxylic acids is 1. The highest BCUT2D eigenvalue weighted by atomic mass is 32.2. The zero-order valence-corrected chi connectivity index (χ0v) is 15.2. The summed E-state index contributed by atoms with van der Waals surface area (Å²) >= 11 is 0. The summed E-state index contributed by atoms with van der Waals surface area (Å²) < 4.78 is 32.1. The van der Waals surface area contributed by atoms with Crippen LogP contribution in [0.15, 0.2) is 29.2 Å². The molecule has 2 saturated heterocycles. The van der Waals surface area contributed by atoms with Gasteiger partial charge in [-0.15, -0.1) is 0 Å². The van der Waals surface area contributed by atoms with E-state index in [-0.39, 0.29) is 16.8 Å². The van der Waals surface area contributed by atoms with Crippen LogP contribution < -0.4 is 10.6 Å². The Kier molecular flexibility index (Phi) is 5.73. The molecule has 0 saturated carbocycles. The van der Waals surface area contributed by atoms with Crippen molar-refractivity contribution in [3.8, 4) is 0 Å². The fraction of sp³-hybridized carbons (Fsp3) is 0.588. The van der Waals surface area contributed by atoms with Gasteiger partial charge in [-0.3, -0.25) is 4.79 Å². The molecule has 2 heterocycles. The second kappa shape index (κ2) is 7.82. The van der Waals surface area contributed by atoms with Crippen LogP contribution in [0.3, 0.4) is 0 Å². The molecule has 8 heteroatoms. The van der Waals surface area contributed by atoms with Crippen molar-refractivity contribution in [2.45, 2.75) is 24.3 Å². The number of hydrogen-bond donors (Lipinski definition) is 2. The Balaban J connectivity index is 1.75. The molecule has 138 valence electrons. The van der Waals surface area contributed by atoms with E-state index in [0.717, 1.165) is 19.5 Å². The Bertz CT molecular complexity index is 716. The van der Waals surface area contributed by atoms with Crippen molar-refractivity contribution >= 4 is 15.9 Å². The molecule has 3 rings (SSSR count). The molecule has 2 atom stereocenters. The van der Waals surface area contributed by atoms with Crippen molar-refractivity contribution in [2.24, 2.45) is 5.92 Å². The molecule has 0 spiro atoms. The molecule has 1 amide bonds. The first kappa shape index (κ1) is 18.3. The van der Waals surface area contributed by atoms with Gasteiger partial charge in [0.25, 0.3) is 5.91 Å². The number of nitrogens with one attached hydrogen (secondary N) is 2. The number of hydrogen-bond acceptors (Lipinski definition) is 5. The maximum absolute atomic E-state index is 12.7. The summed E-state index contributed by atoms with van der Waals surface area (Å²) in [4.78, 5) is 12.7. The van der Waals surface area contributed by atoms with Crippen molar-refractivity contribution in [2.75, 3.05) is 39.4 Å². The molecule has 2 aliphatic heterocycles. The van der Waals surface area contributed by atoms with Crippen LogP contribution in [0, 0.1) is 5.92 Å². The fourth-order valence-electron chi connectivity index (χ4n) is 3.21. The van der Waals surface area contributed by atoms with Gasteiger partial charge >= 0.3 is 0 Å². The van der Waals surface area contributed by atoms with Gasteiger partial charge < -0.3 is 15.4 Å². The molecule has 2 unspecified atom stereocenters. The van der Waals surface area contributed by atoms with Crippen molar-refractivity contribution in [3.05, 3.63) is 29.8 Å². The second-order valence-corrected chi connectivity index (χ2v) is 8.53. The molecule has 0 radical (unpaired) electrons. The molecule has 0 bridgehead atoms. The Morgan fingerprint density at radius 1 is 1.32 bits per heavy atom. The number of nitrogens with zero attached hydrogens (tertiary/aromatic N) is 1. The summed E-state index contributed by atoms with van der Waals surface area (Å²) in [6.07, 6.45) is 0.874. The van der Waals surface area contributed by atoms with E-state index >= 15 is 0 Å². The second-order valence-electron chi connectivity index (χ2n) is 6.59. The molecule has 1 aromatic carbocycles. The lowest BCUT2D eigenvalue weighted by molar-refractivity contribution is 0.0730. The van der Waals surface area contributed by atoms with Gasteiger partial charge in [0, 0.05) is 24.7 Å². The standard InChI is InChI=1S/C17H25N3O4S/c1-13-12-18-6-5-16(13)19-17(21)14-3-2-4-15(11-14)25(22,23)20-7-9-24-10-8-20/h2-4,11,13,16,18H,5-10,12H2,1H3,(H,19,21). The van der Waals surface area contributed by atoms with Crippen molar-refractivity contribution in [1.29, 1.82) is 0 Å². The molecule has 25 heavy (non-hydrogen) atoms. The Morgan fingerprint density at radius 2 is 2.08 bits per heavy atom. The molecule has 2 aliphatic rings. The highest BCUT2D eigenvalue weighted by Crippen LogP contribution is 2.19. The molecule has 0 aliphatic carbocycles. The summed E-state index contributed by atoms with van der Waals surface area (Å²) in [7, 11) is -3.60. The zero-order chi connectivity index (χ0) is 17.9. The van der Waals surface area contributed by atoms with E-state index in [2.05, 4.69) is 17.6 Å². The zero-order valence-electron chi connectivity index (χ0n) is 14.4. The SMILES string of the molecule is CC1CNCCC1NC(=O)c1cccc(S(=O)(=O)N2CCOCC2)c1. The third-order valence-electron chi connectivity index (χ3n) is 4.81. The van der Waals surface area contributed by atoms with Crippen LogP contribution >= 0.6 is 0 Å². The van der Waals surface area contributed by atoms with Gasteiger partial charge in [-0.2, -0.15) is 4.31 Å².